The molecule has 0 heterocycles. The fraction of sp³-hybridized carbons (Fsp3) is 0.133. The topological polar surface area (TPSA) is 6.48 Å². The van der Waals surface area contributed by atoms with E-state index in [0.29, 0.717) is 0 Å². The minimum atomic E-state index is 1.11. The summed E-state index contributed by atoms with van der Waals surface area (Å²) in [6.45, 7) is 4.50. The summed E-state index contributed by atoms with van der Waals surface area (Å²) in [5, 5.41) is 0. The van der Waals surface area contributed by atoms with E-state index in [1.807, 2.05) is 0 Å². The van der Waals surface area contributed by atoms with E-state index in [4.69, 9.17) is 0 Å². The van der Waals surface area contributed by atoms with Crippen molar-refractivity contribution in [3.63, 3.8) is 0 Å². The summed E-state index contributed by atoms with van der Waals surface area (Å²) in [7, 11) is 0. The summed E-state index contributed by atoms with van der Waals surface area (Å²) in [6.07, 6.45) is 15.7. The number of nitrogens with zero attached hydrogens (tertiary/aromatic N) is 2. The fourth-order valence-electron chi connectivity index (χ4n) is 7.87. The first-order valence-electron chi connectivity index (χ1n) is 22.3. The average molecular weight is 805 g/mol. The van der Waals surface area contributed by atoms with Crippen LogP contribution in [0.5, 0.6) is 0 Å². The number of benzene rings is 8. The van der Waals surface area contributed by atoms with Gasteiger partial charge in [-0.25, -0.2) is 0 Å². The molecular formula is C60H56N2. The second-order valence-electron chi connectivity index (χ2n) is 16.0. The number of aryl methyl sites for hydroxylation is 2. The number of rotatable bonds is 17. The maximum absolute atomic E-state index is 2.36. The highest BCUT2D eigenvalue weighted by atomic mass is 15.1. The van der Waals surface area contributed by atoms with Crippen molar-refractivity contribution in [1.29, 1.82) is 0 Å². The molecule has 2 heteroatoms. The van der Waals surface area contributed by atoms with Crippen molar-refractivity contribution in [2.45, 2.75) is 52.4 Å². The van der Waals surface area contributed by atoms with Crippen molar-refractivity contribution >= 4 is 58.4 Å². The van der Waals surface area contributed by atoms with E-state index in [-0.39, 0.29) is 0 Å². The maximum atomic E-state index is 2.36. The van der Waals surface area contributed by atoms with Crippen LogP contribution in [0.25, 0.3) is 35.4 Å². The molecule has 0 saturated carbocycles. The molecule has 0 unspecified atom stereocenters. The fourth-order valence-corrected chi connectivity index (χ4v) is 7.87. The number of anilines is 6. The summed E-state index contributed by atoms with van der Waals surface area (Å²) in [6, 6.07) is 74.8. The molecule has 0 aliphatic carbocycles. The van der Waals surface area contributed by atoms with Crippen LogP contribution in [-0.2, 0) is 12.8 Å². The van der Waals surface area contributed by atoms with Gasteiger partial charge in [0.25, 0.3) is 0 Å². The van der Waals surface area contributed by atoms with E-state index in [0.717, 1.165) is 47.0 Å². The van der Waals surface area contributed by atoms with Gasteiger partial charge in [0.2, 0.25) is 0 Å². The molecule has 0 atom stereocenters. The lowest BCUT2D eigenvalue weighted by atomic mass is 10.0. The van der Waals surface area contributed by atoms with Gasteiger partial charge in [-0.15, -0.1) is 0 Å². The van der Waals surface area contributed by atoms with Crippen LogP contribution in [0.15, 0.2) is 206 Å². The first-order chi connectivity index (χ1) is 30.6. The summed E-state index contributed by atoms with van der Waals surface area (Å²) < 4.78 is 0. The molecule has 306 valence electrons. The Morgan fingerprint density at radius 2 is 0.548 bits per heavy atom. The molecule has 0 bridgehead atoms. The van der Waals surface area contributed by atoms with Gasteiger partial charge in [-0.3, -0.25) is 0 Å². The van der Waals surface area contributed by atoms with Crippen LogP contribution in [-0.4, -0.2) is 0 Å². The summed E-state index contributed by atoms with van der Waals surface area (Å²) >= 11 is 0. The third-order valence-electron chi connectivity index (χ3n) is 11.4. The average Bonchev–Trinajstić information content (AvgIpc) is 3.34. The van der Waals surface area contributed by atoms with Crippen LogP contribution in [0.4, 0.5) is 34.1 Å². The van der Waals surface area contributed by atoms with Crippen LogP contribution in [0.1, 0.15) is 72.9 Å². The first-order valence-corrected chi connectivity index (χ1v) is 22.3. The monoisotopic (exact) mass is 804 g/mol. The van der Waals surface area contributed by atoms with E-state index < -0.39 is 0 Å². The molecule has 8 aromatic rings. The van der Waals surface area contributed by atoms with Gasteiger partial charge in [-0.2, -0.15) is 0 Å². The van der Waals surface area contributed by atoms with Crippen molar-refractivity contribution < 1.29 is 0 Å². The highest BCUT2D eigenvalue weighted by molar-refractivity contribution is 5.82. The lowest BCUT2D eigenvalue weighted by Crippen LogP contribution is -2.10. The largest absolute Gasteiger partial charge is 0.311 e. The van der Waals surface area contributed by atoms with Gasteiger partial charge in [-0.05, 0) is 143 Å². The van der Waals surface area contributed by atoms with Crippen molar-refractivity contribution in [2.75, 3.05) is 9.80 Å². The summed E-state index contributed by atoms with van der Waals surface area (Å²) in [5.74, 6) is 0. The Hall–Kier alpha value is -7.16. The zero-order valence-electron chi connectivity index (χ0n) is 36.1. The van der Waals surface area contributed by atoms with Crippen LogP contribution >= 0.6 is 0 Å². The molecule has 8 aromatic carbocycles. The second kappa shape index (κ2) is 20.9. The van der Waals surface area contributed by atoms with E-state index >= 15 is 0 Å². The standard InChI is InChI=1S/C60H56N2/c1-3-5-13-49-23-35-55(36-24-49)61(57-39-27-51(28-40-57)21-19-47-15-9-7-10-16-47)59-43-31-53(32-44-59)54-33-45-60(46-34-54)62(56-37-25-50(26-38-56)14-6-4-2)58-41-29-52(30-42-58)22-20-48-17-11-8-12-18-48/h7-12,15-46H,3-6,13-14H2,1-2H3. The smallest absolute Gasteiger partial charge is 0.0462 e. The Kier molecular flexibility index (Phi) is 14.0. The number of hydrogen-bond donors (Lipinski definition) is 0. The van der Waals surface area contributed by atoms with E-state index in [1.165, 1.54) is 70.2 Å². The first kappa shape index (κ1) is 41.6. The molecule has 0 aliphatic heterocycles. The van der Waals surface area contributed by atoms with Crippen LogP contribution in [0.3, 0.4) is 0 Å². The van der Waals surface area contributed by atoms with Gasteiger partial charge in [0.15, 0.2) is 0 Å². The van der Waals surface area contributed by atoms with Gasteiger partial charge in [0.05, 0.1) is 0 Å². The Morgan fingerprint density at radius 3 is 0.839 bits per heavy atom. The molecule has 62 heavy (non-hydrogen) atoms. The van der Waals surface area contributed by atoms with Crippen molar-refractivity contribution in [1.82, 2.24) is 0 Å². The minimum absolute atomic E-state index is 1.11. The zero-order chi connectivity index (χ0) is 42.4. The normalized spacial score (nSPS) is 11.3. The number of unbranched alkanes of at least 4 members (excludes halogenated alkanes) is 2. The molecule has 0 N–H and O–H groups in total. The van der Waals surface area contributed by atoms with Crippen LogP contribution in [0, 0.1) is 0 Å². The third-order valence-corrected chi connectivity index (χ3v) is 11.4. The molecule has 0 spiro atoms. The van der Waals surface area contributed by atoms with E-state index in [9.17, 15) is 0 Å². The summed E-state index contributed by atoms with van der Waals surface area (Å²) in [4.78, 5) is 4.71. The van der Waals surface area contributed by atoms with Crippen molar-refractivity contribution in [3.05, 3.63) is 240 Å². The zero-order valence-corrected chi connectivity index (χ0v) is 36.1. The lowest BCUT2D eigenvalue weighted by Gasteiger charge is -2.26. The SMILES string of the molecule is CCCCc1ccc(N(c2ccc(C=Cc3ccccc3)cc2)c2ccc(-c3ccc(N(c4ccc(C=Cc5ccccc5)cc4)c4ccc(CCCC)cc4)cc3)cc2)cc1. The molecule has 0 amide bonds. The Balaban J connectivity index is 1.06. The van der Waals surface area contributed by atoms with Gasteiger partial charge < -0.3 is 9.80 Å². The van der Waals surface area contributed by atoms with Crippen LogP contribution in [0.2, 0.25) is 0 Å². The Bertz CT molecular complexity index is 2430. The maximum Gasteiger partial charge on any atom is 0.0462 e. The third kappa shape index (κ3) is 10.8. The molecule has 0 aromatic heterocycles. The van der Waals surface area contributed by atoms with Gasteiger partial charge >= 0.3 is 0 Å². The molecule has 0 aliphatic rings. The van der Waals surface area contributed by atoms with Crippen molar-refractivity contribution in [3.8, 4) is 11.1 Å². The van der Waals surface area contributed by atoms with Crippen molar-refractivity contribution in [2.24, 2.45) is 0 Å². The van der Waals surface area contributed by atoms with E-state index in [2.05, 4.69) is 254 Å². The van der Waals surface area contributed by atoms with Gasteiger partial charge in [-0.1, -0.05) is 184 Å². The predicted octanol–water partition coefficient (Wildman–Crippen LogP) is 17.3. The van der Waals surface area contributed by atoms with Gasteiger partial charge in [0, 0.05) is 34.1 Å². The molecule has 0 fully saturated rings. The van der Waals surface area contributed by atoms with Crippen LogP contribution < -0.4 is 9.80 Å². The Morgan fingerprint density at radius 1 is 0.290 bits per heavy atom. The molecular weight excluding hydrogens is 749 g/mol. The molecule has 0 saturated heterocycles. The van der Waals surface area contributed by atoms with Gasteiger partial charge in [0.1, 0.15) is 0 Å². The summed E-state index contributed by atoms with van der Waals surface area (Å²) in [5.41, 5.74) is 16.6. The highest BCUT2D eigenvalue weighted by Gasteiger charge is 2.15. The molecule has 0 radical (unpaired) electrons. The number of hydrogen-bond acceptors (Lipinski definition) is 2. The lowest BCUT2D eigenvalue weighted by molar-refractivity contribution is 0.795. The highest BCUT2D eigenvalue weighted by Crippen LogP contribution is 2.39. The second-order valence-corrected chi connectivity index (χ2v) is 16.0. The predicted molar refractivity (Wildman–Crippen MR) is 269 cm³/mol. The van der Waals surface area contributed by atoms with E-state index in [1.54, 1.807) is 0 Å². The Labute approximate surface area is 369 Å². The molecule has 8 rings (SSSR count). The quantitative estimate of drug-likeness (QED) is 0.0846. The minimum Gasteiger partial charge on any atom is -0.311 e. The molecule has 2 nitrogen and oxygen atoms in total.